The highest BCUT2D eigenvalue weighted by molar-refractivity contribution is 14.1. The summed E-state index contributed by atoms with van der Waals surface area (Å²) in [6, 6.07) is 5.21. The van der Waals surface area contributed by atoms with Crippen LogP contribution in [0.3, 0.4) is 0 Å². The molecule has 94 valence electrons. The molecule has 0 heterocycles. The van der Waals surface area contributed by atoms with Crippen molar-refractivity contribution in [2.45, 2.75) is 6.92 Å². The lowest BCUT2D eigenvalue weighted by atomic mass is 10.2. The van der Waals surface area contributed by atoms with Crippen LogP contribution in [-0.2, 0) is 9.47 Å². The van der Waals surface area contributed by atoms with E-state index in [9.17, 15) is 4.79 Å². The first kappa shape index (κ1) is 14.2. The molecular formula is C12H15IO4. The zero-order valence-electron chi connectivity index (χ0n) is 9.86. The summed E-state index contributed by atoms with van der Waals surface area (Å²) < 4.78 is 16.3. The first-order chi connectivity index (χ1) is 8.19. The molecule has 0 atom stereocenters. The zero-order valence-corrected chi connectivity index (χ0v) is 12.0. The van der Waals surface area contributed by atoms with E-state index in [2.05, 4.69) is 27.3 Å². The summed E-state index contributed by atoms with van der Waals surface area (Å²) in [5.74, 6) is 0.310. The quantitative estimate of drug-likeness (QED) is 0.449. The molecule has 0 N–H and O–H groups in total. The molecule has 0 radical (unpaired) electrons. The molecule has 0 unspecified atom stereocenters. The van der Waals surface area contributed by atoms with Crippen LogP contribution >= 0.6 is 22.6 Å². The molecule has 5 heteroatoms. The van der Waals surface area contributed by atoms with Gasteiger partial charge in [-0.25, -0.2) is 4.79 Å². The van der Waals surface area contributed by atoms with E-state index in [-0.39, 0.29) is 5.97 Å². The van der Waals surface area contributed by atoms with E-state index in [1.807, 2.05) is 13.0 Å². The van der Waals surface area contributed by atoms with Gasteiger partial charge in [0, 0.05) is 6.61 Å². The Morgan fingerprint density at radius 1 is 1.35 bits per heavy atom. The topological polar surface area (TPSA) is 44.8 Å². The van der Waals surface area contributed by atoms with Crippen LogP contribution in [0, 0.1) is 3.57 Å². The number of methoxy groups -OCH3 is 1. The Morgan fingerprint density at radius 3 is 2.76 bits per heavy atom. The van der Waals surface area contributed by atoms with Crippen LogP contribution in [0.4, 0.5) is 0 Å². The molecule has 1 aromatic carbocycles. The Hall–Kier alpha value is -0.820. The van der Waals surface area contributed by atoms with Crippen molar-refractivity contribution < 1.29 is 19.0 Å². The highest BCUT2D eigenvalue weighted by Gasteiger charge is 2.09. The van der Waals surface area contributed by atoms with Crippen LogP contribution in [0.5, 0.6) is 5.75 Å². The van der Waals surface area contributed by atoms with Crippen molar-refractivity contribution in [1.29, 1.82) is 0 Å². The van der Waals surface area contributed by atoms with Gasteiger partial charge in [0.15, 0.2) is 0 Å². The molecule has 0 spiro atoms. The van der Waals surface area contributed by atoms with Crippen molar-refractivity contribution in [3.63, 3.8) is 0 Å². The normalized spacial score (nSPS) is 10.1. The summed E-state index contributed by atoms with van der Waals surface area (Å²) in [5.41, 5.74) is 0.485. The van der Waals surface area contributed by atoms with E-state index >= 15 is 0 Å². The number of hydrogen-bond donors (Lipinski definition) is 0. The van der Waals surface area contributed by atoms with Crippen molar-refractivity contribution in [2.75, 3.05) is 26.9 Å². The molecule has 0 saturated carbocycles. The Morgan fingerprint density at radius 2 is 2.12 bits per heavy atom. The molecule has 0 aliphatic rings. The number of benzene rings is 1. The Kier molecular flexibility index (Phi) is 6.28. The van der Waals surface area contributed by atoms with Gasteiger partial charge in [0.2, 0.25) is 0 Å². The average molecular weight is 350 g/mol. The summed E-state index contributed by atoms with van der Waals surface area (Å²) >= 11 is 2.16. The van der Waals surface area contributed by atoms with Gasteiger partial charge in [0.05, 0.1) is 22.9 Å². The number of ether oxygens (including phenoxy) is 3. The van der Waals surface area contributed by atoms with Gasteiger partial charge in [-0.15, -0.1) is 0 Å². The van der Waals surface area contributed by atoms with Crippen molar-refractivity contribution >= 4 is 28.6 Å². The maximum atomic E-state index is 11.3. The molecule has 1 aromatic rings. The average Bonchev–Trinajstić information content (AvgIpc) is 2.35. The minimum absolute atomic E-state index is 0.365. The second kappa shape index (κ2) is 7.50. The molecule has 0 aliphatic heterocycles. The zero-order chi connectivity index (χ0) is 12.7. The van der Waals surface area contributed by atoms with Crippen LogP contribution in [0.2, 0.25) is 0 Å². The minimum Gasteiger partial charge on any atom is -0.490 e. The highest BCUT2D eigenvalue weighted by Crippen LogP contribution is 2.22. The number of carbonyl (C=O) groups excluding carboxylic acids is 1. The van der Waals surface area contributed by atoms with Gasteiger partial charge in [-0.1, -0.05) is 0 Å². The lowest BCUT2D eigenvalue weighted by molar-refractivity contribution is 0.0600. The standard InChI is InChI=1S/C12H15IO4/c1-3-16-6-7-17-11-8-9(12(14)15-2)4-5-10(11)13/h4-5,8H,3,6-7H2,1-2H3. The van der Waals surface area contributed by atoms with Gasteiger partial charge in [0.25, 0.3) is 0 Å². The Balaban J connectivity index is 2.66. The largest absolute Gasteiger partial charge is 0.490 e. The third-order valence-corrected chi connectivity index (χ3v) is 2.93. The fraction of sp³-hybridized carbons (Fsp3) is 0.417. The smallest absolute Gasteiger partial charge is 0.337 e. The molecule has 0 saturated heterocycles. The van der Waals surface area contributed by atoms with E-state index < -0.39 is 0 Å². The summed E-state index contributed by atoms with van der Waals surface area (Å²) in [7, 11) is 1.36. The van der Waals surface area contributed by atoms with E-state index in [0.29, 0.717) is 31.1 Å². The van der Waals surface area contributed by atoms with Crippen molar-refractivity contribution in [3.8, 4) is 5.75 Å². The molecule has 0 bridgehead atoms. The third-order valence-electron chi connectivity index (χ3n) is 2.04. The number of rotatable bonds is 6. The van der Waals surface area contributed by atoms with Gasteiger partial charge in [-0.05, 0) is 47.7 Å². The van der Waals surface area contributed by atoms with Crippen LogP contribution in [0.25, 0.3) is 0 Å². The van der Waals surface area contributed by atoms with Gasteiger partial charge < -0.3 is 14.2 Å². The molecule has 0 amide bonds. The fourth-order valence-corrected chi connectivity index (χ4v) is 1.70. The predicted octanol–water partition coefficient (Wildman–Crippen LogP) is 2.49. The minimum atomic E-state index is -0.365. The van der Waals surface area contributed by atoms with Gasteiger partial charge in [-0.3, -0.25) is 0 Å². The van der Waals surface area contributed by atoms with Gasteiger partial charge in [-0.2, -0.15) is 0 Å². The molecule has 0 aromatic heterocycles. The first-order valence-corrected chi connectivity index (χ1v) is 6.35. The van der Waals surface area contributed by atoms with E-state index in [4.69, 9.17) is 9.47 Å². The number of hydrogen-bond acceptors (Lipinski definition) is 4. The summed E-state index contributed by atoms with van der Waals surface area (Å²) in [5, 5.41) is 0. The summed E-state index contributed by atoms with van der Waals surface area (Å²) in [6.07, 6.45) is 0. The Bertz CT molecular complexity index is 379. The van der Waals surface area contributed by atoms with E-state index in [1.54, 1.807) is 12.1 Å². The number of halogens is 1. The molecule has 17 heavy (non-hydrogen) atoms. The van der Waals surface area contributed by atoms with Crippen LogP contribution < -0.4 is 4.74 Å². The second-order valence-corrected chi connectivity index (χ2v) is 4.34. The first-order valence-electron chi connectivity index (χ1n) is 5.27. The Labute approximate surface area is 114 Å². The van der Waals surface area contributed by atoms with Crippen molar-refractivity contribution in [1.82, 2.24) is 0 Å². The second-order valence-electron chi connectivity index (χ2n) is 3.18. The summed E-state index contributed by atoms with van der Waals surface area (Å²) in [6.45, 7) is 3.60. The van der Waals surface area contributed by atoms with Crippen molar-refractivity contribution in [2.24, 2.45) is 0 Å². The molecule has 1 rings (SSSR count). The lowest BCUT2D eigenvalue weighted by Crippen LogP contribution is -2.08. The SMILES string of the molecule is CCOCCOc1cc(C(=O)OC)ccc1I. The third kappa shape index (κ3) is 4.51. The maximum absolute atomic E-state index is 11.3. The number of carbonyl (C=O) groups is 1. The predicted molar refractivity (Wildman–Crippen MR) is 72.5 cm³/mol. The van der Waals surface area contributed by atoms with Crippen molar-refractivity contribution in [3.05, 3.63) is 27.3 Å². The lowest BCUT2D eigenvalue weighted by Gasteiger charge is -2.09. The van der Waals surface area contributed by atoms with Gasteiger partial charge in [0.1, 0.15) is 12.4 Å². The fourth-order valence-electron chi connectivity index (χ4n) is 1.21. The number of esters is 1. The molecular weight excluding hydrogens is 335 g/mol. The van der Waals surface area contributed by atoms with Gasteiger partial charge >= 0.3 is 5.97 Å². The van der Waals surface area contributed by atoms with E-state index in [1.165, 1.54) is 7.11 Å². The summed E-state index contributed by atoms with van der Waals surface area (Å²) in [4.78, 5) is 11.3. The van der Waals surface area contributed by atoms with Crippen LogP contribution in [0.1, 0.15) is 17.3 Å². The molecule has 4 nitrogen and oxygen atoms in total. The highest BCUT2D eigenvalue weighted by atomic mass is 127. The maximum Gasteiger partial charge on any atom is 0.337 e. The van der Waals surface area contributed by atoms with Crippen LogP contribution in [0.15, 0.2) is 18.2 Å². The monoisotopic (exact) mass is 350 g/mol. The van der Waals surface area contributed by atoms with E-state index in [0.717, 1.165) is 3.57 Å². The molecule has 0 fully saturated rings. The van der Waals surface area contributed by atoms with Crippen LogP contribution in [-0.4, -0.2) is 32.9 Å². The molecule has 0 aliphatic carbocycles.